The number of amides is 1. The van der Waals surface area contributed by atoms with Crippen LogP contribution in [-0.4, -0.2) is 31.4 Å². The highest BCUT2D eigenvalue weighted by molar-refractivity contribution is 7.99. The number of nitrogens with one attached hydrogen (secondary N) is 2. The molecule has 0 atom stereocenters. The standard InChI is InChI=1S/C24H21FN6OS/c1-14-7-9-17(10-8-14)22-28-24(30-29-22)33-13-21(32)27-23-20(12-26)15(2)16(3)31(23)19-6-4-5-18(25)11-19/h4-11H,13H2,1-3H3,(H,27,32)(H,28,29,30). The fourth-order valence-electron chi connectivity index (χ4n) is 3.45. The van der Waals surface area contributed by atoms with Gasteiger partial charge >= 0.3 is 0 Å². The summed E-state index contributed by atoms with van der Waals surface area (Å²) >= 11 is 1.18. The van der Waals surface area contributed by atoms with Crippen molar-refractivity contribution in [2.24, 2.45) is 0 Å². The van der Waals surface area contributed by atoms with Gasteiger partial charge in [-0.2, -0.15) is 5.26 Å². The molecular weight excluding hydrogens is 439 g/mol. The van der Waals surface area contributed by atoms with Gasteiger partial charge in [0.05, 0.1) is 17.0 Å². The van der Waals surface area contributed by atoms with E-state index in [1.807, 2.05) is 38.1 Å². The molecule has 0 unspecified atom stereocenters. The summed E-state index contributed by atoms with van der Waals surface area (Å²) < 4.78 is 15.5. The Bertz CT molecular complexity index is 1370. The van der Waals surface area contributed by atoms with Crippen molar-refractivity contribution in [3.63, 3.8) is 0 Å². The van der Waals surface area contributed by atoms with Gasteiger partial charge in [-0.3, -0.25) is 14.5 Å². The Morgan fingerprint density at radius 1 is 1.21 bits per heavy atom. The van der Waals surface area contributed by atoms with Crippen molar-refractivity contribution in [2.45, 2.75) is 25.9 Å². The number of aromatic amines is 1. The third-order valence-corrected chi connectivity index (χ3v) is 6.12. The second-order valence-electron chi connectivity index (χ2n) is 7.53. The molecule has 4 rings (SSSR count). The molecule has 7 nitrogen and oxygen atoms in total. The first-order valence-corrected chi connectivity index (χ1v) is 11.2. The number of thioether (sulfide) groups is 1. The summed E-state index contributed by atoms with van der Waals surface area (Å²) in [4.78, 5) is 17.2. The number of rotatable bonds is 6. The molecule has 0 radical (unpaired) electrons. The molecule has 9 heteroatoms. The Labute approximate surface area is 194 Å². The lowest BCUT2D eigenvalue weighted by molar-refractivity contribution is -0.113. The third kappa shape index (κ3) is 4.66. The summed E-state index contributed by atoms with van der Waals surface area (Å²) in [6.45, 7) is 5.63. The molecule has 33 heavy (non-hydrogen) atoms. The molecule has 0 spiro atoms. The second kappa shape index (κ2) is 9.30. The van der Waals surface area contributed by atoms with E-state index in [4.69, 9.17) is 0 Å². The van der Waals surface area contributed by atoms with E-state index in [1.54, 1.807) is 23.6 Å². The second-order valence-corrected chi connectivity index (χ2v) is 8.47. The Morgan fingerprint density at radius 2 is 1.97 bits per heavy atom. The summed E-state index contributed by atoms with van der Waals surface area (Å²) in [5.41, 5.74) is 4.39. The van der Waals surface area contributed by atoms with Crippen LogP contribution in [0.1, 0.15) is 22.4 Å². The van der Waals surface area contributed by atoms with Crippen molar-refractivity contribution in [2.75, 3.05) is 11.1 Å². The number of carbonyl (C=O) groups excluding carboxylic acids is 1. The summed E-state index contributed by atoms with van der Waals surface area (Å²) in [5.74, 6) is 0.254. The topological polar surface area (TPSA) is 99.4 Å². The smallest absolute Gasteiger partial charge is 0.236 e. The Kier molecular flexibility index (Phi) is 6.29. The fraction of sp³-hybridized carbons (Fsp3) is 0.167. The molecule has 0 aliphatic rings. The van der Waals surface area contributed by atoms with E-state index in [0.717, 1.165) is 22.4 Å². The lowest BCUT2D eigenvalue weighted by atomic mass is 10.1. The van der Waals surface area contributed by atoms with E-state index in [2.05, 4.69) is 26.6 Å². The number of benzene rings is 2. The minimum Gasteiger partial charge on any atom is -0.310 e. The molecular formula is C24H21FN6OS. The van der Waals surface area contributed by atoms with Crippen LogP contribution in [0.15, 0.2) is 53.7 Å². The number of halogens is 1. The van der Waals surface area contributed by atoms with Gasteiger partial charge in [-0.15, -0.1) is 5.10 Å². The number of carbonyl (C=O) groups is 1. The zero-order chi connectivity index (χ0) is 23.5. The van der Waals surface area contributed by atoms with Crippen molar-refractivity contribution < 1.29 is 9.18 Å². The van der Waals surface area contributed by atoms with Crippen LogP contribution in [0.2, 0.25) is 0 Å². The normalized spacial score (nSPS) is 10.8. The predicted molar refractivity (Wildman–Crippen MR) is 126 cm³/mol. The zero-order valence-corrected chi connectivity index (χ0v) is 19.1. The number of nitrogens with zero attached hydrogens (tertiary/aromatic N) is 4. The van der Waals surface area contributed by atoms with E-state index >= 15 is 0 Å². The Morgan fingerprint density at radius 3 is 2.67 bits per heavy atom. The first kappa shape index (κ1) is 22.3. The summed E-state index contributed by atoms with van der Waals surface area (Å²) in [5, 5.41) is 20.0. The van der Waals surface area contributed by atoms with Crippen LogP contribution < -0.4 is 5.32 Å². The van der Waals surface area contributed by atoms with Crippen molar-refractivity contribution >= 4 is 23.5 Å². The molecule has 2 N–H and O–H groups in total. The lowest BCUT2D eigenvalue weighted by Gasteiger charge is -2.13. The van der Waals surface area contributed by atoms with Gasteiger partial charge in [0, 0.05) is 11.3 Å². The van der Waals surface area contributed by atoms with Gasteiger partial charge in [-0.1, -0.05) is 47.7 Å². The van der Waals surface area contributed by atoms with Crippen LogP contribution in [0.25, 0.3) is 17.1 Å². The lowest BCUT2D eigenvalue weighted by Crippen LogP contribution is -2.18. The Hall–Kier alpha value is -3.90. The maximum atomic E-state index is 13.8. The van der Waals surface area contributed by atoms with Crippen LogP contribution in [0, 0.1) is 37.9 Å². The van der Waals surface area contributed by atoms with Crippen molar-refractivity contribution in [3.05, 3.63) is 76.7 Å². The van der Waals surface area contributed by atoms with Gasteiger partial charge in [0.1, 0.15) is 17.7 Å². The van der Waals surface area contributed by atoms with Gasteiger partial charge in [-0.25, -0.2) is 9.37 Å². The molecule has 0 aliphatic carbocycles. The number of anilines is 1. The van der Waals surface area contributed by atoms with E-state index in [0.29, 0.717) is 28.0 Å². The van der Waals surface area contributed by atoms with Gasteiger partial charge in [0.15, 0.2) is 5.82 Å². The third-order valence-electron chi connectivity index (χ3n) is 5.27. The molecule has 1 amide bonds. The maximum Gasteiger partial charge on any atom is 0.236 e. The van der Waals surface area contributed by atoms with E-state index in [1.165, 1.54) is 23.9 Å². The van der Waals surface area contributed by atoms with Crippen LogP contribution in [0.5, 0.6) is 0 Å². The molecule has 0 bridgehead atoms. The molecule has 0 saturated heterocycles. The number of hydrogen-bond donors (Lipinski definition) is 2. The highest BCUT2D eigenvalue weighted by atomic mass is 32.2. The number of aryl methyl sites for hydroxylation is 1. The fourth-order valence-corrected chi connectivity index (χ4v) is 4.05. The van der Waals surface area contributed by atoms with Crippen LogP contribution in [-0.2, 0) is 4.79 Å². The molecule has 2 aromatic carbocycles. The van der Waals surface area contributed by atoms with Gasteiger partial charge in [-0.05, 0) is 44.5 Å². The largest absolute Gasteiger partial charge is 0.310 e. The average Bonchev–Trinajstić information content (AvgIpc) is 3.36. The first-order chi connectivity index (χ1) is 15.9. The molecule has 166 valence electrons. The van der Waals surface area contributed by atoms with E-state index < -0.39 is 5.82 Å². The highest BCUT2D eigenvalue weighted by Gasteiger charge is 2.21. The minimum absolute atomic E-state index is 0.0441. The predicted octanol–water partition coefficient (Wildman–Crippen LogP) is 4.93. The first-order valence-electron chi connectivity index (χ1n) is 10.2. The van der Waals surface area contributed by atoms with Gasteiger partial charge in [0.25, 0.3) is 0 Å². The monoisotopic (exact) mass is 460 g/mol. The molecule has 0 saturated carbocycles. The number of H-pyrrole nitrogens is 1. The van der Waals surface area contributed by atoms with Gasteiger partial charge in [0.2, 0.25) is 11.1 Å². The molecule has 2 aromatic heterocycles. The van der Waals surface area contributed by atoms with Crippen LogP contribution in [0.3, 0.4) is 0 Å². The van der Waals surface area contributed by atoms with E-state index in [-0.39, 0.29) is 11.7 Å². The quantitative estimate of drug-likeness (QED) is 0.398. The number of hydrogen-bond acceptors (Lipinski definition) is 5. The molecule has 0 aliphatic heterocycles. The SMILES string of the molecule is Cc1ccc(-c2nc(SCC(=O)Nc3c(C#N)c(C)c(C)n3-c3cccc(F)c3)n[nH]2)cc1. The van der Waals surface area contributed by atoms with Crippen molar-refractivity contribution in [1.82, 2.24) is 19.7 Å². The zero-order valence-electron chi connectivity index (χ0n) is 18.3. The molecule has 2 heterocycles. The van der Waals surface area contributed by atoms with Crippen LogP contribution >= 0.6 is 11.8 Å². The number of aromatic nitrogens is 4. The molecule has 0 fully saturated rings. The average molecular weight is 461 g/mol. The van der Waals surface area contributed by atoms with Gasteiger partial charge < -0.3 is 5.32 Å². The summed E-state index contributed by atoms with van der Waals surface area (Å²) in [6.07, 6.45) is 0. The molecule has 4 aromatic rings. The highest BCUT2D eigenvalue weighted by Crippen LogP contribution is 2.30. The summed E-state index contributed by atoms with van der Waals surface area (Å²) in [7, 11) is 0. The van der Waals surface area contributed by atoms with Crippen LogP contribution in [0.4, 0.5) is 10.2 Å². The number of nitriles is 1. The summed E-state index contributed by atoms with van der Waals surface area (Å²) in [6, 6.07) is 16.0. The maximum absolute atomic E-state index is 13.8. The van der Waals surface area contributed by atoms with Crippen molar-refractivity contribution in [3.8, 4) is 23.1 Å². The Balaban J connectivity index is 1.52. The van der Waals surface area contributed by atoms with E-state index in [9.17, 15) is 14.4 Å². The minimum atomic E-state index is -0.404. The van der Waals surface area contributed by atoms with Crippen molar-refractivity contribution in [1.29, 1.82) is 5.26 Å².